The van der Waals surface area contributed by atoms with Gasteiger partial charge in [-0.2, -0.15) is 0 Å². The maximum atomic E-state index is 10.7. The van der Waals surface area contributed by atoms with E-state index in [0.29, 0.717) is 13.1 Å². The van der Waals surface area contributed by atoms with Crippen LogP contribution in [0.15, 0.2) is 42.6 Å². The van der Waals surface area contributed by atoms with Gasteiger partial charge in [-0.25, -0.2) is 9.97 Å². The van der Waals surface area contributed by atoms with Crippen molar-refractivity contribution in [1.29, 1.82) is 0 Å². The van der Waals surface area contributed by atoms with Crippen LogP contribution in [0.3, 0.4) is 0 Å². The fourth-order valence-corrected chi connectivity index (χ4v) is 3.02. The summed E-state index contributed by atoms with van der Waals surface area (Å²) in [5, 5.41) is 10.7. The first-order valence-corrected chi connectivity index (χ1v) is 7.56. The van der Waals surface area contributed by atoms with Crippen LogP contribution in [-0.2, 0) is 0 Å². The number of aliphatic hydroxyl groups is 1. The van der Waals surface area contributed by atoms with Gasteiger partial charge in [0.2, 0.25) is 0 Å². The van der Waals surface area contributed by atoms with E-state index in [1.54, 1.807) is 6.20 Å². The van der Waals surface area contributed by atoms with Crippen LogP contribution in [0.5, 0.6) is 0 Å². The summed E-state index contributed by atoms with van der Waals surface area (Å²) in [6.45, 7) is 2.09. The van der Waals surface area contributed by atoms with Crippen LogP contribution in [0.25, 0.3) is 11.4 Å². The molecule has 1 fully saturated rings. The Bertz CT molecular complexity index is 632. The first-order valence-electron chi connectivity index (χ1n) is 7.56. The molecular weight excluding hydrogens is 276 g/mol. The van der Waals surface area contributed by atoms with E-state index in [-0.39, 0.29) is 0 Å². The Balaban J connectivity index is 1.79. The Kier molecular flexibility index (Phi) is 4.09. The Labute approximate surface area is 131 Å². The summed E-state index contributed by atoms with van der Waals surface area (Å²) in [7, 11) is 3.97. The third-order valence-electron chi connectivity index (χ3n) is 3.94. The van der Waals surface area contributed by atoms with E-state index < -0.39 is 5.60 Å². The van der Waals surface area contributed by atoms with Crippen LogP contribution in [0.1, 0.15) is 6.42 Å². The second-order valence-corrected chi connectivity index (χ2v) is 6.24. The number of likely N-dealkylation sites (N-methyl/N-ethyl adjacent to an activating group) is 1. The van der Waals surface area contributed by atoms with Gasteiger partial charge in [-0.15, -0.1) is 0 Å². The lowest BCUT2D eigenvalue weighted by atomic mass is 10.0. The molecule has 0 saturated carbocycles. The molecule has 116 valence electrons. The number of rotatable bonds is 4. The molecule has 1 saturated heterocycles. The van der Waals surface area contributed by atoms with Gasteiger partial charge in [-0.05, 0) is 26.6 Å². The van der Waals surface area contributed by atoms with Crippen molar-refractivity contribution >= 4 is 5.82 Å². The molecule has 1 N–H and O–H groups in total. The second-order valence-electron chi connectivity index (χ2n) is 6.24. The normalized spacial score (nSPS) is 21.5. The molecular formula is C17H22N4O. The third kappa shape index (κ3) is 3.26. The molecule has 2 heterocycles. The van der Waals surface area contributed by atoms with Gasteiger partial charge < -0.3 is 14.9 Å². The molecule has 22 heavy (non-hydrogen) atoms. The van der Waals surface area contributed by atoms with Crippen LogP contribution in [0.2, 0.25) is 0 Å². The lowest BCUT2D eigenvalue weighted by molar-refractivity contribution is 0.0365. The van der Waals surface area contributed by atoms with Gasteiger partial charge in [-0.3, -0.25) is 0 Å². The van der Waals surface area contributed by atoms with Gasteiger partial charge in [-0.1, -0.05) is 30.3 Å². The van der Waals surface area contributed by atoms with Crippen molar-refractivity contribution in [3.63, 3.8) is 0 Å². The maximum absolute atomic E-state index is 10.7. The molecule has 3 rings (SSSR count). The largest absolute Gasteiger partial charge is 0.387 e. The molecule has 5 heteroatoms. The van der Waals surface area contributed by atoms with Crippen molar-refractivity contribution in [3.8, 4) is 11.4 Å². The number of aromatic nitrogens is 2. The highest BCUT2D eigenvalue weighted by Gasteiger charge is 2.37. The van der Waals surface area contributed by atoms with Crippen molar-refractivity contribution in [2.24, 2.45) is 0 Å². The zero-order valence-electron chi connectivity index (χ0n) is 13.1. The summed E-state index contributed by atoms with van der Waals surface area (Å²) in [4.78, 5) is 13.2. The van der Waals surface area contributed by atoms with Gasteiger partial charge in [0.15, 0.2) is 5.82 Å². The smallest absolute Gasteiger partial charge is 0.161 e. The third-order valence-corrected chi connectivity index (χ3v) is 3.94. The summed E-state index contributed by atoms with van der Waals surface area (Å²) in [5.41, 5.74) is 0.341. The van der Waals surface area contributed by atoms with Crippen LogP contribution in [0.4, 0.5) is 5.82 Å². The number of benzene rings is 1. The maximum Gasteiger partial charge on any atom is 0.161 e. The molecule has 0 radical (unpaired) electrons. The second kappa shape index (κ2) is 6.02. The van der Waals surface area contributed by atoms with Gasteiger partial charge in [0.25, 0.3) is 0 Å². The average molecular weight is 298 g/mol. The van der Waals surface area contributed by atoms with Crippen LogP contribution in [-0.4, -0.2) is 59.3 Å². The predicted molar refractivity (Wildman–Crippen MR) is 87.8 cm³/mol. The summed E-state index contributed by atoms with van der Waals surface area (Å²) < 4.78 is 0. The van der Waals surface area contributed by atoms with Gasteiger partial charge in [0.05, 0.1) is 5.60 Å². The fourth-order valence-electron chi connectivity index (χ4n) is 3.02. The van der Waals surface area contributed by atoms with Crippen molar-refractivity contribution in [2.75, 3.05) is 38.6 Å². The van der Waals surface area contributed by atoms with E-state index in [1.807, 2.05) is 55.4 Å². The van der Waals surface area contributed by atoms with E-state index >= 15 is 0 Å². The van der Waals surface area contributed by atoms with Gasteiger partial charge in [0.1, 0.15) is 5.82 Å². The van der Waals surface area contributed by atoms with Crippen LogP contribution >= 0.6 is 0 Å². The van der Waals surface area contributed by atoms with E-state index in [1.165, 1.54) is 0 Å². The Morgan fingerprint density at radius 2 is 2.00 bits per heavy atom. The van der Waals surface area contributed by atoms with E-state index in [9.17, 15) is 5.11 Å². The molecule has 0 spiro atoms. The summed E-state index contributed by atoms with van der Waals surface area (Å²) >= 11 is 0. The topological polar surface area (TPSA) is 52.5 Å². The summed E-state index contributed by atoms with van der Waals surface area (Å²) in [6, 6.07) is 11.9. The minimum atomic E-state index is -0.665. The molecule has 2 aromatic rings. The molecule has 1 aromatic heterocycles. The number of hydrogen-bond donors (Lipinski definition) is 1. The number of anilines is 1. The number of β-amino-alcohol motifs (C(OH)–C–C–N with tert-alkyl or cyclic N) is 1. The van der Waals surface area contributed by atoms with Crippen molar-refractivity contribution < 1.29 is 5.11 Å². The van der Waals surface area contributed by atoms with Crippen LogP contribution in [0, 0.1) is 0 Å². The average Bonchev–Trinajstić information content (AvgIpc) is 2.89. The summed E-state index contributed by atoms with van der Waals surface area (Å²) in [6.07, 6.45) is 2.55. The first-order chi connectivity index (χ1) is 10.6. The van der Waals surface area contributed by atoms with Gasteiger partial charge in [0, 0.05) is 31.4 Å². The number of nitrogens with zero attached hydrogens (tertiary/aromatic N) is 4. The van der Waals surface area contributed by atoms with Crippen LogP contribution < -0.4 is 4.90 Å². The van der Waals surface area contributed by atoms with Crippen molar-refractivity contribution in [2.45, 2.75) is 12.0 Å². The quantitative estimate of drug-likeness (QED) is 0.930. The number of hydrogen-bond acceptors (Lipinski definition) is 5. The molecule has 1 aromatic carbocycles. The molecule has 1 aliphatic heterocycles. The van der Waals surface area contributed by atoms with E-state index in [2.05, 4.69) is 14.9 Å². The monoisotopic (exact) mass is 298 g/mol. The predicted octanol–water partition coefficient (Wildman–Crippen LogP) is 1.65. The highest BCUT2D eigenvalue weighted by Crippen LogP contribution is 2.27. The molecule has 0 bridgehead atoms. The highest BCUT2D eigenvalue weighted by molar-refractivity contribution is 5.57. The van der Waals surface area contributed by atoms with Gasteiger partial charge >= 0.3 is 0 Å². The molecule has 0 amide bonds. The van der Waals surface area contributed by atoms with E-state index in [0.717, 1.165) is 30.2 Å². The first kappa shape index (κ1) is 14.9. The zero-order chi connectivity index (χ0) is 15.6. The lowest BCUT2D eigenvalue weighted by Gasteiger charge is -2.27. The Hall–Kier alpha value is -1.98. The molecule has 1 atom stereocenters. The molecule has 1 aliphatic rings. The minimum absolute atomic E-state index is 0.608. The molecule has 0 aliphatic carbocycles. The summed E-state index contributed by atoms with van der Waals surface area (Å²) in [5.74, 6) is 1.60. The Morgan fingerprint density at radius 1 is 1.23 bits per heavy atom. The SMILES string of the molecule is CN(C)CC1(O)CCN(c2ccnc(-c3ccccc3)n2)C1. The Morgan fingerprint density at radius 3 is 2.73 bits per heavy atom. The van der Waals surface area contributed by atoms with Crippen molar-refractivity contribution in [3.05, 3.63) is 42.6 Å². The standard InChI is InChI=1S/C17H22N4O/c1-20(2)12-17(22)9-11-21(13-17)15-8-10-18-16(19-15)14-6-4-3-5-7-14/h3-8,10,22H,9,11-13H2,1-2H3. The van der Waals surface area contributed by atoms with E-state index in [4.69, 9.17) is 0 Å². The van der Waals surface area contributed by atoms with Crippen molar-refractivity contribution in [1.82, 2.24) is 14.9 Å². The highest BCUT2D eigenvalue weighted by atomic mass is 16.3. The fraction of sp³-hybridized carbons (Fsp3) is 0.412. The molecule has 1 unspecified atom stereocenters. The lowest BCUT2D eigenvalue weighted by Crippen LogP contribution is -2.42. The minimum Gasteiger partial charge on any atom is -0.387 e. The molecule has 5 nitrogen and oxygen atoms in total. The zero-order valence-corrected chi connectivity index (χ0v) is 13.1.